The predicted octanol–water partition coefficient (Wildman–Crippen LogP) is 13.9. The molecule has 0 aliphatic heterocycles. The maximum Gasteiger partial charge on any atom is -0.00569 e. The van der Waals surface area contributed by atoms with Gasteiger partial charge in [0.2, 0.25) is 0 Å². The lowest BCUT2D eigenvalue weighted by molar-refractivity contribution is 0.443. The first-order valence-electron chi connectivity index (χ1n) is 19.4. The maximum absolute atomic E-state index is 2.61. The van der Waals surface area contributed by atoms with Gasteiger partial charge in [-0.15, -0.1) is 0 Å². The van der Waals surface area contributed by atoms with E-state index in [9.17, 15) is 0 Å². The molecule has 0 N–H and O–H groups in total. The van der Waals surface area contributed by atoms with Crippen molar-refractivity contribution < 1.29 is 0 Å². The molecule has 5 aromatic rings. The molecule has 0 heterocycles. The van der Waals surface area contributed by atoms with E-state index in [4.69, 9.17) is 0 Å². The van der Waals surface area contributed by atoms with Crippen molar-refractivity contribution in [1.29, 1.82) is 0 Å². The Balaban J connectivity index is 1.34. The van der Waals surface area contributed by atoms with Crippen LogP contribution in [0, 0.1) is 0 Å². The Kier molecular flexibility index (Phi) is 10.6. The second-order valence-corrected chi connectivity index (χ2v) is 19.3. The van der Waals surface area contributed by atoms with Crippen LogP contribution in [0.5, 0.6) is 0 Å². The third-order valence-corrected chi connectivity index (χ3v) is 17.1. The van der Waals surface area contributed by atoms with Crippen molar-refractivity contribution in [3.8, 4) is 11.1 Å². The highest BCUT2D eigenvalue weighted by Gasteiger charge is 2.33. The summed E-state index contributed by atoms with van der Waals surface area (Å²) in [5.74, 6) is 0.652. The van der Waals surface area contributed by atoms with Gasteiger partial charge in [0.15, 0.2) is 0 Å². The molecule has 8 rings (SSSR count). The van der Waals surface area contributed by atoms with Gasteiger partial charge in [-0.3, -0.25) is 0 Å². The zero-order chi connectivity index (χ0) is 32.1. The molecule has 0 amide bonds. The molecule has 1 unspecified atom stereocenters. The molecule has 3 aliphatic rings. The quantitative estimate of drug-likeness (QED) is 0.137. The minimum absolute atomic E-state index is 0.0459. The monoisotopic (exact) mass is 668 g/mol. The topological polar surface area (TPSA) is 0 Å². The zero-order valence-corrected chi connectivity index (χ0v) is 30.8. The van der Waals surface area contributed by atoms with Crippen LogP contribution in [0.3, 0.4) is 0 Å². The molecular formula is C46H54P2. The van der Waals surface area contributed by atoms with Crippen molar-refractivity contribution in [2.24, 2.45) is 0 Å². The second kappa shape index (κ2) is 15.6. The predicted molar refractivity (Wildman–Crippen MR) is 215 cm³/mol. The van der Waals surface area contributed by atoms with Crippen LogP contribution in [-0.2, 0) is 12.3 Å². The summed E-state index contributed by atoms with van der Waals surface area (Å²) in [6.07, 6.45) is 24.0. The molecule has 0 aromatic heterocycles. The molecule has 0 spiro atoms. The molecule has 48 heavy (non-hydrogen) atoms. The fourth-order valence-corrected chi connectivity index (χ4v) is 14.7. The number of fused-ring (bicyclic) bond motifs is 2. The average Bonchev–Trinajstić information content (AvgIpc) is 3.17. The molecular weight excluding hydrogens is 614 g/mol. The first-order chi connectivity index (χ1) is 23.8. The molecule has 5 aromatic carbocycles. The van der Waals surface area contributed by atoms with E-state index in [1.807, 2.05) is 0 Å². The van der Waals surface area contributed by atoms with Gasteiger partial charge in [0.05, 0.1) is 0 Å². The second-order valence-electron chi connectivity index (χ2n) is 15.2. The Labute approximate surface area is 293 Å². The lowest BCUT2D eigenvalue weighted by atomic mass is 9.76. The van der Waals surface area contributed by atoms with E-state index in [1.165, 1.54) is 129 Å². The number of rotatable bonds is 9. The molecule has 3 fully saturated rings. The van der Waals surface area contributed by atoms with Crippen molar-refractivity contribution in [1.82, 2.24) is 0 Å². The van der Waals surface area contributed by atoms with Crippen LogP contribution in [-0.4, -0.2) is 11.3 Å². The van der Waals surface area contributed by atoms with E-state index in [-0.39, 0.29) is 7.92 Å². The Morgan fingerprint density at radius 1 is 0.500 bits per heavy atom. The molecule has 2 heteroatoms. The minimum Gasteiger partial charge on any atom is -0.0958 e. The summed E-state index contributed by atoms with van der Waals surface area (Å²) in [4.78, 5) is 0. The molecule has 3 aliphatic carbocycles. The van der Waals surface area contributed by atoms with Gasteiger partial charge < -0.3 is 0 Å². The molecule has 0 nitrogen and oxygen atoms in total. The summed E-state index contributed by atoms with van der Waals surface area (Å²) in [5, 5.41) is 7.30. The third-order valence-electron chi connectivity index (χ3n) is 12.2. The summed E-state index contributed by atoms with van der Waals surface area (Å²) in [5.41, 5.74) is 10.2. The lowest BCUT2D eigenvalue weighted by Gasteiger charge is -2.39. The fourth-order valence-electron chi connectivity index (χ4n) is 9.77. The summed E-state index contributed by atoms with van der Waals surface area (Å²) in [7, 11) is 0.755. The SMILES string of the molecule is c1ccc(PCc2cc3ccccc3c(-c3c(CP(C4CCCCC4)C4CCCCC4)ccc4ccccc34)c2C2CCCCC2)cc1. The first-order valence-corrected chi connectivity index (χ1v) is 22.3. The van der Waals surface area contributed by atoms with E-state index in [0.29, 0.717) is 5.92 Å². The van der Waals surface area contributed by atoms with Crippen molar-refractivity contribution in [3.05, 3.63) is 114 Å². The third kappa shape index (κ3) is 7.05. The largest absolute Gasteiger partial charge is 0.0958 e. The molecule has 0 saturated heterocycles. The highest BCUT2D eigenvalue weighted by molar-refractivity contribution is 7.58. The van der Waals surface area contributed by atoms with Gasteiger partial charge in [0, 0.05) is 0 Å². The lowest BCUT2D eigenvalue weighted by Crippen LogP contribution is -2.21. The smallest absolute Gasteiger partial charge is 0.00569 e. The highest BCUT2D eigenvalue weighted by atomic mass is 31.1. The molecule has 1 atom stereocenters. The van der Waals surface area contributed by atoms with Crippen molar-refractivity contribution in [3.63, 3.8) is 0 Å². The zero-order valence-electron chi connectivity index (χ0n) is 28.9. The summed E-state index contributed by atoms with van der Waals surface area (Å²) >= 11 is 0. The van der Waals surface area contributed by atoms with Gasteiger partial charge in [-0.2, -0.15) is 0 Å². The maximum atomic E-state index is 2.61. The van der Waals surface area contributed by atoms with Crippen LogP contribution in [0.2, 0.25) is 0 Å². The average molecular weight is 669 g/mol. The van der Waals surface area contributed by atoms with Crippen molar-refractivity contribution >= 4 is 43.4 Å². The van der Waals surface area contributed by atoms with Crippen LogP contribution >= 0.6 is 16.5 Å². The van der Waals surface area contributed by atoms with Gasteiger partial charge in [-0.1, -0.05) is 171 Å². The summed E-state index contributed by atoms with van der Waals surface area (Å²) in [6.45, 7) is 0. The number of hydrogen-bond acceptors (Lipinski definition) is 0. The van der Waals surface area contributed by atoms with E-state index >= 15 is 0 Å². The molecule has 3 saturated carbocycles. The number of hydrogen-bond donors (Lipinski definition) is 0. The van der Waals surface area contributed by atoms with Gasteiger partial charge in [-0.05, 0) is 123 Å². The van der Waals surface area contributed by atoms with Crippen LogP contribution in [0.15, 0.2) is 97.1 Å². The Morgan fingerprint density at radius 3 is 1.73 bits per heavy atom. The number of benzene rings is 5. The Morgan fingerprint density at radius 2 is 1.06 bits per heavy atom. The first kappa shape index (κ1) is 32.7. The fraction of sp³-hybridized carbons (Fsp3) is 0.435. The molecule has 248 valence electrons. The van der Waals surface area contributed by atoms with E-state index in [1.54, 1.807) is 27.8 Å². The van der Waals surface area contributed by atoms with Crippen molar-refractivity contribution in [2.45, 2.75) is 126 Å². The van der Waals surface area contributed by atoms with Crippen LogP contribution in [0.1, 0.15) is 119 Å². The van der Waals surface area contributed by atoms with Gasteiger partial charge in [0.25, 0.3) is 0 Å². The van der Waals surface area contributed by atoms with E-state index in [2.05, 4.69) is 97.1 Å². The Hall–Kier alpha value is -2.52. The molecule has 0 bridgehead atoms. The van der Waals surface area contributed by atoms with Gasteiger partial charge >= 0.3 is 0 Å². The van der Waals surface area contributed by atoms with Gasteiger partial charge in [-0.25, -0.2) is 0 Å². The normalized spacial score (nSPS) is 18.9. The van der Waals surface area contributed by atoms with Crippen LogP contribution < -0.4 is 5.30 Å². The standard InChI is InChI=1S/C46H54P2/c1-5-18-35(19-6-1)44-38(32-47-39-21-7-2-8-22-39)31-36-20-14-16-28-43(36)46(44)45-37(30-29-34-17-13-15-27-42(34)45)33-48(40-23-9-3-10-24-40)41-25-11-4-12-26-41/h2,7-8,13-17,20-22,27-31,35,40-41,47H,1,3-6,9-12,18-19,23-26,32-33H2. The van der Waals surface area contributed by atoms with Gasteiger partial charge in [0.1, 0.15) is 0 Å². The van der Waals surface area contributed by atoms with E-state index in [0.717, 1.165) is 26.1 Å². The van der Waals surface area contributed by atoms with Crippen LogP contribution in [0.4, 0.5) is 0 Å². The minimum atomic E-state index is -0.0459. The van der Waals surface area contributed by atoms with E-state index < -0.39 is 0 Å². The van der Waals surface area contributed by atoms with Crippen LogP contribution in [0.25, 0.3) is 32.7 Å². The Bertz CT molecular complexity index is 1790. The highest BCUT2D eigenvalue weighted by Crippen LogP contribution is 2.59. The summed E-state index contributed by atoms with van der Waals surface area (Å²) < 4.78 is 0. The van der Waals surface area contributed by atoms with Crippen molar-refractivity contribution in [2.75, 3.05) is 0 Å². The molecule has 0 radical (unpaired) electrons. The summed E-state index contributed by atoms with van der Waals surface area (Å²) in [6, 6.07) is 37.8.